The third-order valence-corrected chi connectivity index (χ3v) is 3.47. The van der Waals surface area contributed by atoms with Gasteiger partial charge in [-0.25, -0.2) is 0 Å². The first-order valence-corrected chi connectivity index (χ1v) is 6.64. The van der Waals surface area contributed by atoms with E-state index in [-0.39, 0.29) is 6.10 Å². The maximum absolute atomic E-state index is 5.45. The maximum atomic E-state index is 5.45. The highest BCUT2D eigenvalue weighted by Gasteiger charge is 2.36. The molecule has 3 rings (SSSR count). The second-order valence-corrected chi connectivity index (χ2v) is 4.81. The first kappa shape index (κ1) is 12.3. The molecule has 0 amide bonds. The van der Waals surface area contributed by atoms with Crippen LogP contribution < -0.4 is 0 Å². The SMILES string of the molecule is CCc1cccnc1-c1noc(C(OC)C2CC2)n1. The fourth-order valence-corrected chi connectivity index (χ4v) is 2.27. The molecule has 1 fully saturated rings. The molecule has 0 saturated heterocycles. The van der Waals surface area contributed by atoms with E-state index in [9.17, 15) is 0 Å². The number of aromatic nitrogens is 3. The van der Waals surface area contributed by atoms with Crippen LogP contribution in [-0.4, -0.2) is 22.2 Å². The Morgan fingerprint density at radius 1 is 1.47 bits per heavy atom. The van der Waals surface area contributed by atoms with Gasteiger partial charge in [0.2, 0.25) is 5.82 Å². The van der Waals surface area contributed by atoms with E-state index in [4.69, 9.17) is 9.26 Å². The van der Waals surface area contributed by atoms with Crippen LogP contribution in [-0.2, 0) is 11.2 Å². The topological polar surface area (TPSA) is 61.0 Å². The van der Waals surface area contributed by atoms with Crippen molar-refractivity contribution in [3.63, 3.8) is 0 Å². The summed E-state index contributed by atoms with van der Waals surface area (Å²) in [4.78, 5) is 8.81. The lowest BCUT2D eigenvalue weighted by atomic mass is 10.1. The molecule has 1 saturated carbocycles. The van der Waals surface area contributed by atoms with Crippen molar-refractivity contribution in [1.82, 2.24) is 15.1 Å². The minimum atomic E-state index is -0.0740. The average Bonchev–Trinajstić information content (AvgIpc) is 3.17. The summed E-state index contributed by atoms with van der Waals surface area (Å²) in [5, 5.41) is 4.05. The Morgan fingerprint density at radius 2 is 2.32 bits per heavy atom. The van der Waals surface area contributed by atoms with Crippen LogP contribution in [0.3, 0.4) is 0 Å². The van der Waals surface area contributed by atoms with E-state index >= 15 is 0 Å². The van der Waals surface area contributed by atoms with Crippen molar-refractivity contribution in [3.8, 4) is 11.5 Å². The molecular formula is C14H17N3O2. The Balaban J connectivity index is 1.92. The summed E-state index contributed by atoms with van der Waals surface area (Å²) in [6.07, 6.45) is 4.90. The van der Waals surface area contributed by atoms with E-state index in [0.717, 1.165) is 17.7 Å². The maximum Gasteiger partial charge on any atom is 0.256 e. The van der Waals surface area contributed by atoms with Crippen molar-refractivity contribution in [2.24, 2.45) is 5.92 Å². The van der Waals surface area contributed by atoms with E-state index in [2.05, 4.69) is 22.0 Å². The summed E-state index contributed by atoms with van der Waals surface area (Å²) >= 11 is 0. The molecule has 2 aromatic heterocycles. The first-order chi connectivity index (χ1) is 9.33. The molecule has 2 aromatic rings. The third kappa shape index (κ3) is 2.38. The van der Waals surface area contributed by atoms with Crippen molar-refractivity contribution in [3.05, 3.63) is 29.8 Å². The van der Waals surface area contributed by atoms with Gasteiger partial charge in [0.25, 0.3) is 5.89 Å². The van der Waals surface area contributed by atoms with Crippen LogP contribution in [0.4, 0.5) is 0 Å². The third-order valence-electron chi connectivity index (χ3n) is 3.47. The van der Waals surface area contributed by atoms with Gasteiger partial charge in [-0.2, -0.15) is 4.98 Å². The zero-order valence-corrected chi connectivity index (χ0v) is 11.2. The molecule has 5 nitrogen and oxygen atoms in total. The molecule has 0 aliphatic heterocycles. The van der Waals surface area contributed by atoms with Crippen LogP contribution in [0.15, 0.2) is 22.9 Å². The fraction of sp³-hybridized carbons (Fsp3) is 0.500. The summed E-state index contributed by atoms with van der Waals surface area (Å²) in [6.45, 7) is 2.09. The number of aryl methyl sites for hydroxylation is 1. The smallest absolute Gasteiger partial charge is 0.256 e. The van der Waals surface area contributed by atoms with Gasteiger partial charge in [-0.05, 0) is 36.8 Å². The number of ether oxygens (including phenoxy) is 1. The highest BCUT2D eigenvalue weighted by molar-refractivity contribution is 5.53. The molecule has 19 heavy (non-hydrogen) atoms. The van der Waals surface area contributed by atoms with Crippen LogP contribution in [0, 0.1) is 5.92 Å². The summed E-state index contributed by atoms with van der Waals surface area (Å²) < 4.78 is 10.8. The van der Waals surface area contributed by atoms with Gasteiger partial charge >= 0.3 is 0 Å². The lowest BCUT2D eigenvalue weighted by Crippen LogP contribution is -2.04. The minimum absolute atomic E-state index is 0.0740. The van der Waals surface area contributed by atoms with Crippen LogP contribution >= 0.6 is 0 Å². The van der Waals surface area contributed by atoms with Gasteiger partial charge in [0.05, 0.1) is 0 Å². The highest BCUT2D eigenvalue weighted by Crippen LogP contribution is 2.42. The molecule has 1 unspecified atom stereocenters. The number of nitrogens with zero attached hydrogens (tertiary/aromatic N) is 3. The van der Waals surface area contributed by atoms with Crippen molar-refractivity contribution in [2.75, 3.05) is 7.11 Å². The van der Waals surface area contributed by atoms with Crippen molar-refractivity contribution in [2.45, 2.75) is 32.3 Å². The Morgan fingerprint density at radius 3 is 3.00 bits per heavy atom. The summed E-state index contributed by atoms with van der Waals surface area (Å²) in [5.74, 6) is 1.63. The molecule has 1 aliphatic carbocycles. The predicted octanol–water partition coefficient (Wildman–Crippen LogP) is 2.79. The second kappa shape index (κ2) is 5.09. The van der Waals surface area contributed by atoms with Gasteiger partial charge in [-0.3, -0.25) is 4.98 Å². The monoisotopic (exact) mass is 259 g/mol. The van der Waals surface area contributed by atoms with Gasteiger partial charge in [-0.15, -0.1) is 0 Å². The molecule has 100 valence electrons. The minimum Gasteiger partial charge on any atom is -0.371 e. The number of rotatable bonds is 5. The fourth-order valence-electron chi connectivity index (χ4n) is 2.27. The molecule has 0 aromatic carbocycles. The lowest BCUT2D eigenvalue weighted by molar-refractivity contribution is 0.0561. The Hall–Kier alpha value is -1.75. The molecular weight excluding hydrogens is 242 g/mol. The normalized spacial score (nSPS) is 16.5. The number of pyridine rings is 1. The zero-order valence-electron chi connectivity index (χ0n) is 11.2. The number of hydrogen-bond acceptors (Lipinski definition) is 5. The molecule has 2 heterocycles. The van der Waals surface area contributed by atoms with Crippen molar-refractivity contribution < 1.29 is 9.26 Å². The highest BCUT2D eigenvalue weighted by atomic mass is 16.5. The van der Waals surface area contributed by atoms with E-state index in [1.165, 1.54) is 12.8 Å². The Kier molecular flexibility index (Phi) is 3.29. The quantitative estimate of drug-likeness (QED) is 0.826. The first-order valence-electron chi connectivity index (χ1n) is 6.64. The van der Waals surface area contributed by atoms with Gasteiger partial charge in [-0.1, -0.05) is 18.1 Å². The lowest BCUT2D eigenvalue weighted by Gasteiger charge is -2.07. The molecule has 0 spiro atoms. The van der Waals surface area contributed by atoms with E-state index in [1.807, 2.05) is 12.1 Å². The van der Waals surface area contributed by atoms with E-state index in [0.29, 0.717) is 17.6 Å². The number of methoxy groups -OCH3 is 1. The van der Waals surface area contributed by atoms with Crippen LogP contribution in [0.2, 0.25) is 0 Å². The van der Waals surface area contributed by atoms with Gasteiger partial charge < -0.3 is 9.26 Å². The molecule has 1 aliphatic rings. The van der Waals surface area contributed by atoms with E-state index in [1.54, 1.807) is 13.3 Å². The van der Waals surface area contributed by atoms with Gasteiger partial charge in [0.1, 0.15) is 11.8 Å². The molecule has 1 atom stereocenters. The molecule has 5 heteroatoms. The van der Waals surface area contributed by atoms with Crippen LogP contribution in [0.1, 0.15) is 37.3 Å². The number of hydrogen-bond donors (Lipinski definition) is 0. The Bertz CT molecular complexity index is 563. The van der Waals surface area contributed by atoms with E-state index < -0.39 is 0 Å². The summed E-state index contributed by atoms with van der Waals surface area (Å²) in [7, 11) is 1.69. The standard InChI is InChI=1S/C14H17N3O2/c1-3-9-5-4-8-15-11(9)13-16-14(19-17-13)12(18-2)10-6-7-10/h4-5,8,10,12H,3,6-7H2,1-2H3. The second-order valence-electron chi connectivity index (χ2n) is 4.81. The molecule has 0 bridgehead atoms. The Labute approximate surface area is 112 Å². The summed E-state index contributed by atoms with van der Waals surface area (Å²) in [6, 6.07) is 3.96. The van der Waals surface area contributed by atoms with Crippen LogP contribution in [0.25, 0.3) is 11.5 Å². The van der Waals surface area contributed by atoms with Gasteiger partial charge in [0.15, 0.2) is 0 Å². The largest absolute Gasteiger partial charge is 0.371 e. The predicted molar refractivity (Wildman–Crippen MR) is 69.4 cm³/mol. The summed E-state index contributed by atoms with van der Waals surface area (Å²) in [5.41, 5.74) is 1.92. The van der Waals surface area contributed by atoms with Crippen molar-refractivity contribution >= 4 is 0 Å². The van der Waals surface area contributed by atoms with Gasteiger partial charge in [0, 0.05) is 13.3 Å². The molecule has 0 radical (unpaired) electrons. The van der Waals surface area contributed by atoms with Crippen molar-refractivity contribution in [1.29, 1.82) is 0 Å². The molecule has 0 N–H and O–H groups in total. The average molecular weight is 259 g/mol. The zero-order chi connectivity index (χ0) is 13.2. The van der Waals surface area contributed by atoms with Crippen LogP contribution in [0.5, 0.6) is 0 Å².